The van der Waals surface area contributed by atoms with Gasteiger partial charge < -0.3 is 14.6 Å². The molecule has 0 saturated heterocycles. The Labute approximate surface area is 161 Å². The molecule has 2 heterocycles. The Balaban J connectivity index is 1.76. The normalized spacial score (nSPS) is 11.0. The van der Waals surface area contributed by atoms with Gasteiger partial charge in [0.2, 0.25) is 5.91 Å². The molecule has 1 N–H and O–H groups in total. The minimum Gasteiger partial charge on any atom is -0.496 e. The summed E-state index contributed by atoms with van der Waals surface area (Å²) in [5.74, 6) is 0.766. The van der Waals surface area contributed by atoms with E-state index < -0.39 is 0 Å². The molecule has 0 bridgehead atoms. The van der Waals surface area contributed by atoms with Crippen LogP contribution >= 0.6 is 15.9 Å². The van der Waals surface area contributed by atoms with E-state index in [1.807, 2.05) is 49.6 Å². The summed E-state index contributed by atoms with van der Waals surface area (Å²) < 4.78 is 8.47. The Kier molecular flexibility index (Phi) is 5.32. The molecule has 0 aliphatic carbocycles. The minimum absolute atomic E-state index is 0.0536. The molecule has 0 spiro atoms. The van der Waals surface area contributed by atoms with E-state index in [0.717, 1.165) is 43.6 Å². The number of aryl methyl sites for hydroxylation is 1. The number of halogens is 1. The highest BCUT2D eigenvalue weighted by molar-refractivity contribution is 9.10. The molecule has 3 rings (SSSR count). The van der Waals surface area contributed by atoms with E-state index in [-0.39, 0.29) is 12.5 Å². The number of rotatable bonds is 5. The maximum absolute atomic E-state index is 12.5. The van der Waals surface area contributed by atoms with E-state index in [1.165, 1.54) is 0 Å². The van der Waals surface area contributed by atoms with Crippen LogP contribution in [0.2, 0.25) is 0 Å². The van der Waals surface area contributed by atoms with Crippen molar-refractivity contribution in [2.75, 3.05) is 7.11 Å². The summed E-state index contributed by atoms with van der Waals surface area (Å²) in [7, 11) is 1.65. The molecule has 0 unspecified atom stereocenters. The fourth-order valence-electron chi connectivity index (χ4n) is 3.22. The molecular formula is C20H22BrN3O2. The average Bonchev–Trinajstić information content (AvgIpc) is 2.87. The van der Waals surface area contributed by atoms with Crippen LogP contribution in [0.1, 0.15) is 22.5 Å². The number of ether oxygens (including phenoxy) is 1. The van der Waals surface area contributed by atoms with Crippen LogP contribution in [0.5, 0.6) is 5.75 Å². The lowest BCUT2D eigenvalue weighted by Gasteiger charge is -2.13. The summed E-state index contributed by atoms with van der Waals surface area (Å²) in [4.78, 5) is 16.9. The predicted octanol–water partition coefficient (Wildman–Crippen LogP) is 4.05. The zero-order valence-corrected chi connectivity index (χ0v) is 17.0. The van der Waals surface area contributed by atoms with Gasteiger partial charge in [0.05, 0.1) is 19.3 Å². The number of nitrogens with zero attached hydrogens (tertiary/aromatic N) is 2. The number of benzene rings is 1. The number of nitrogens with one attached hydrogen (secondary N) is 1. The lowest BCUT2D eigenvalue weighted by Crippen LogP contribution is -2.28. The Morgan fingerprint density at radius 3 is 2.73 bits per heavy atom. The molecule has 0 atom stereocenters. The predicted molar refractivity (Wildman–Crippen MR) is 106 cm³/mol. The second-order valence-electron chi connectivity index (χ2n) is 6.33. The van der Waals surface area contributed by atoms with Crippen LogP contribution in [0, 0.1) is 20.8 Å². The smallest absolute Gasteiger partial charge is 0.240 e. The molecule has 2 aromatic heterocycles. The molecule has 0 saturated carbocycles. The van der Waals surface area contributed by atoms with Gasteiger partial charge in [-0.2, -0.15) is 0 Å². The van der Waals surface area contributed by atoms with E-state index in [4.69, 9.17) is 4.74 Å². The summed E-state index contributed by atoms with van der Waals surface area (Å²) in [5.41, 5.74) is 4.83. The number of carbonyl (C=O) groups is 1. The molecule has 0 radical (unpaired) electrons. The molecule has 3 aromatic rings. The van der Waals surface area contributed by atoms with Crippen LogP contribution in [-0.4, -0.2) is 22.6 Å². The summed E-state index contributed by atoms with van der Waals surface area (Å²) in [5, 5.41) is 4.08. The van der Waals surface area contributed by atoms with Gasteiger partial charge in [0.15, 0.2) is 0 Å². The summed E-state index contributed by atoms with van der Waals surface area (Å²) in [6, 6.07) is 8.05. The van der Waals surface area contributed by atoms with Gasteiger partial charge >= 0.3 is 0 Å². The quantitative estimate of drug-likeness (QED) is 0.683. The number of para-hydroxylation sites is 1. The van der Waals surface area contributed by atoms with E-state index >= 15 is 0 Å². The Bertz CT molecular complexity index is 979. The number of aromatic nitrogens is 2. The van der Waals surface area contributed by atoms with Gasteiger partial charge in [0.1, 0.15) is 12.3 Å². The zero-order valence-electron chi connectivity index (χ0n) is 15.4. The molecule has 1 amide bonds. The SMILES string of the molecule is COc1c(C)cnc(CNC(=O)Cn2c(C)c(Br)c3ccccc32)c1C. The number of methoxy groups -OCH3 is 1. The number of hydrogen-bond acceptors (Lipinski definition) is 3. The van der Waals surface area contributed by atoms with Crippen LogP contribution in [0.15, 0.2) is 34.9 Å². The maximum Gasteiger partial charge on any atom is 0.240 e. The van der Waals surface area contributed by atoms with Gasteiger partial charge in [0, 0.05) is 38.4 Å². The van der Waals surface area contributed by atoms with Gasteiger partial charge in [-0.1, -0.05) is 18.2 Å². The second-order valence-corrected chi connectivity index (χ2v) is 7.12. The number of hydrogen-bond donors (Lipinski definition) is 1. The van der Waals surface area contributed by atoms with Crippen molar-refractivity contribution in [1.82, 2.24) is 14.9 Å². The first-order valence-electron chi connectivity index (χ1n) is 8.43. The highest BCUT2D eigenvalue weighted by atomic mass is 79.9. The Hall–Kier alpha value is -2.34. The standard InChI is InChI=1S/C20H22BrN3O2/c1-12-9-22-16(13(2)20(12)26-4)10-23-18(25)11-24-14(3)19(21)15-7-5-6-8-17(15)24/h5-9H,10-11H2,1-4H3,(H,23,25). The van der Waals surface area contributed by atoms with Crippen molar-refractivity contribution < 1.29 is 9.53 Å². The van der Waals surface area contributed by atoms with Crippen molar-refractivity contribution >= 4 is 32.7 Å². The molecule has 26 heavy (non-hydrogen) atoms. The van der Waals surface area contributed by atoms with E-state index in [0.29, 0.717) is 6.54 Å². The van der Waals surface area contributed by atoms with Crippen LogP contribution in [-0.2, 0) is 17.9 Å². The van der Waals surface area contributed by atoms with Gasteiger partial charge in [0.25, 0.3) is 0 Å². The minimum atomic E-state index is -0.0536. The van der Waals surface area contributed by atoms with Gasteiger partial charge in [-0.05, 0) is 42.8 Å². The summed E-state index contributed by atoms with van der Waals surface area (Å²) in [6.07, 6.45) is 1.77. The molecule has 0 aliphatic heterocycles. The van der Waals surface area contributed by atoms with Crippen molar-refractivity contribution in [3.8, 4) is 5.75 Å². The van der Waals surface area contributed by atoms with E-state index in [1.54, 1.807) is 13.3 Å². The number of fused-ring (bicyclic) bond motifs is 1. The van der Waals surface area contributed by atoms with Crippen molar-refractivity contribution in [2.24, 2.45) is 0 Å². The lowest BCUT2D eigenvalue weighted by molar-refractivity contribution is -0.121. The third-order valence-electron chi connectivity index (χ3n) is 4.66. The van der Waals surface area contributed by atoms with Crippen molar-refractivity contribution in [2.45, 2.75) is 33.9 Å². The van der Waals surface area contributed by atoms with Gasteiger partial charge in [-0.25, -0.2) is 0 Å². The van der Waals surface area contributed by atoms with Crippen molar-refractivity contribution in [3.63, 3.8) is 0 Å². The second kappa shape index (κ2) is 7.50. The fraction of sp³-hybridized carbons (Fsp3) is 0.300. The van der Waals surface area contributed by atoms with Crippen LogP contribution < -0.4 is 10.1 Å². The van der Waals surface area contributed by atoms with Gasteiger partial charge in [-0.3, -0.25) is 9.78 Å². The Morgan fingerprint density at radius 2 is 2.00 bits per heavy atom. The maximum atomic E-state index is 12.5. The monoisotopic (exact) mass is 415 g/mol. The van der Waals surface area contributed by atoms with Crippen LogP contribution in [0.4, 0.5) is 0 Å². The van der Waals surface area contributed by atoms with Crippen molar-refractivity contribution in [3.05, 3.63) is 57.4 Å². The molecule has 0 fully saturated rings. The van der Waals surface area contributed by atoms with Crippen molar-refractivity contribution in [1.29, 1.82) is 0 Å². The molecule has 6 heteroatoms. The van der Waals surface area contributed by atoms with Crippen LogP contribution in [0.3, 0.4) is 0 Å². The lowest BCUT2D eigenvalue weighted by atomic mass is 10.1. The number of amides is 1. The van der Waals surface area contributed by atoms with Crippen LogP contribution in [0.25, 0.3) is 10.9 Å². The molecular weight excluding hydrogens is 394 g/mol. The molecule has 1 aromatic carbocycles. The third-order valence-corrected chi connectivity index (χ3v) is 5.66. The van der Waals surface area contributed by atoms with E-state index in [9.17, 15) is 4.79 Å². The van der Waals surface area contributed by atoms with E-state index in [2.05, 4.69) is 26.2 Å². The van der Waals surface area contributed by atoms with Gasteiger partial charge in [-0.15, -0.1) is 0 Å². The summed E-state index contributed by atoms with van der Waals surface area (Å²) >= 11 is 3.62. The summed E-state index contributed by atoms with van der Waals surface area (Å²) in [6.45, 7) is 6.56. The number of pyridine rings is 1. The highest BCUT2D eigenvalue weighted by Crippen LogP contribution is 2.30. The first-order valence-corrected chi connectivity index (χ1v) is 9.22. The number of carbonyl (C=O) groups excluding carboxylic acids is 1. The molecule has 136 valence electrons. The first kappa shape index (κ1) is 18.5. The fourth-order valence-corrected chi connectivity index (χ4v) is 3.77. The third kappa shape index (κ3) is 3.33. The first-order chi connectivity index (χ1) is 12.4. The average molecular weight is 416 g/mol. The highest BCUT2D eigenvalue weighted by Gasteiger charge is 2.15. The Morgan fingerprint density at radius 1 is 1.27 bits per heavy atom. The molecule has 0 aliphatic rings. The molecule has 5 nitrogen and oxygen atoms in total. The zero-order chi connectivity index (χ0) is 18.8. The topological polar surface area (TPSA) is 56.1 Å². The largest absolute Gasteiger partial charge is 0.496 e.